The molecule has 22 heavy (non-hydrogen) atoms. The van der Waals surface area contributed by atoms with Crippen LogP contribution in [0.4, 0.5) is 0 Å². The van der Waals surface area contributed by atoms with Gasteiger partial charge in [-0.3, -0.25) is 4.79 Å². The minimum absolute atomic E-state index is 0.0108. The molecule has 0 aliphatic heterocycles. The summed E-state index contributed by atoms with van der Waals surface area (Å²) >= 11 is 0. The lowest BCUT2D eigenvalue weighted by atomic mass is 9.88. The van der Waals surface area contributed by atoms with Crippen molar-refractivity contribution in [2.45, 2.75) is 70.4 Å². The van der Waals surface area contributed by atoms with Gasteiger partial charge >= 0.3 is 0 Å². The van der Waals surface area contributed by atoms with Gasteiger partial charge in [-0.1, -0.05) is 6.92 Å². The molecule has 0 unspecified atom stereocenters. The predicted octanol–water partition coefficient (Wildman–Crippen LogP) is 1.79. The molecule has 3 saturated carbocycles. The topological polar surface area (TPSA) is 75.3 Å². The molecule has 0 radical (unpaired) electrons. The second-order valence-corrected chi connectivity index (χ2v) is 9.36. The van der Waals surface area contributed by atoms with Crippen molar-refractivity contribution < 1.29 is 13.2 Å². The van der Waals surface area contributed by atoms with Gasteiger partial charge in [-0.05, 0) is 69.1 Å². The molecule has 5 nitrogen and oxygen atoms in total. The van der Waals surface area contributed by atoms with E-state index in [0.29, 0.717) is 17.8 Å². The first kappa shape index (κ1) is 16.2. The highest BCUT2D eigenvalue weighted by atomic mass is 32.2. The van der Waals surface area contributed by atoms with Gasteiger partial charge in [0, 0.05) is 12.1 Å². The SMILES string of the molecule is CC1CCC(NS(=O)(=O)CC(=O)NC(C2CC2)C2CC2)CC1. The molecule has 0 atom stereocenters. The largest absolute Gasteiger partial charge is 0.352 e. The summed E-state index contributed by atoms with van der Waals surface area (Å²) in [4.78, 5) is 12.1. The molecule has 0 heterocycles. The van der Waals surface area contributed by atoms with Crippen molar-refractivity contribution in [3.8, 4) is 0 Å². The lowest BCUT2D eigenvalue weighted by Gasteiger charge is -2.26. The molecule has 0 aromatic carbocycles. The van der Waals surface area contributed by atoms with Crippen LogP contribution in [0.15, 0.2) is 0 Å². The van der Waals surface area contributed by atoms with Crippen LogP contribution in [0.25, 0.3) is 0 Å². The third-order valence-electron chi connectivity index (χ3n) is 5.27. The van der Waals surface area contributed by atoms with E-state index in [2.05, 4.69) is 17.0 Å². The molecule has 0 spiro atoms. The van der Waals surface area contributed by atoms with Crippen molar-refractivity contribution >= 4 is 15.9 Å². The van der Waals surface area contributed by atoms with Gasteiger partial charge < -0.3 is 5.32 Å². The van der Waals surface area contributed by atoms with Gasteiger partial charge in [0.15, 0.2) is 0 Å². The molecule has 0 bridgehead atoms. The maximum Gasteiger partial charge on any atom is 0.236 e. The van der Waals surface area contributed by atoms with E-state index in [4.69, 9.17) is 0 Å². The van der Waals surface area contributed by atoms with Crippen LogP contribution in [0, 0.1) is 17.8 Å². The van der Waals surface area contributed by atoms with Crippen molar-refractivity contribution in [2.75, 3.05) is 5.75 Å². The van der Waals surface area contributed by atoms with E-state index in [1.807, 2.05) is 0 Å². The van der Waals surface area contributed by atoms with Crippen LogP contribution in [0.2, 0.25) is 0 Å². The van der Waals surface area contributed by atoms with Gasteiger partial charge in [0.25, 0.3) is 0 Å². The molecular weight excluding hydrogens is 300 g/mol. The maximum absolute atomic E-state index is 12.2. The van der Waals surface area contributed by atoms with Gasteiger partial charge in [-0.2, -0.15) is 0 Å². The van der Waals surface area contributed by atoms with E-state index in [1.165, 1.54) is 25.7 Å². The first-order valence-electron chi connectivity index (χ1n) is 8.72. The Morgan fingerprint density at radius 1 is 1.00 bits per heavy atom. The molecule has 0 aromatic heterocycles. The van der Waals surface area contributed by atoms with Crippen LogP contribution in [0.3, 0.4) is 0 Å². The zero-order valence-electron chi connectivity index (χ0n) is 13.4. The fourth-order valence-corrected chi connectivity index (χ4v) is 4.86. The summed E-state index contributed by atoms with van der Waals surface area (Å²) in [5.74, 6) is 1.11. The lowest BCUT2D eigenvalue weighted by molar-refractivity contribution is -0.119. The average molecular weight is 328 g/mol. The highest BCUT2D eigenvalue weighted by molar-refractivity contribution is 7.90. The molecular formula is C16H28N2O3S. The lowest BCUT2D eigenvalue weighted by Crippen LogP contribution is -2.45. The Morgan fingerprint density at radius 3 is 2.05 bits per heavy atom. The Hall–Kier alpha value is -0.620. The van der Waals surface area contributed by atoms with Crippen LogP contribution in [-0.4, -0.2) is 32.2 Å². The third-order valence-corrected chi connectivity index (χ3v) is 6.61. The van der Waals surface area contributed by atoms with Crippen LogP contribution in [-0.2, 0) is 14.8 Å². The molecule has 0 saturated heterocycles. The highest BCUT2D eigenvalue weighted by Gasteiger charge is 2.42. The molecule has 0 aromatic rings. The number of rotatable bonds is 7. The summed E-state index contributed by atoms with van der Waals surface area (Å²) < 4.78 is 27.1. The van der Waals surface area contributed by atoms with E-state index in [0.717, 1.165) is 25.7 Å². The van der Waals surface area contributed by atoms with Crippen molar-refractivity contribution in [3.05, 3.63) is 0 Å². The quantitative estimate of drug-likeness (QED) is 0.748. The molecule has 3 aliphatic carbocycles. The molecule has 126 valence electrons. The first-order valence-corrected chi connectivity index (χ1v) is 10.4. The van der Waals surface area contributed by atoms with Gasteiger partial charge in [-0.15, -0.1) is 0 Å². The summed E-state index contributed by atoms with van der Waals surface area (Å²) in [5, 5.41) is 2.98. The fourth-order valence-electron chi connectivity index (χ4n) is 3.60. The Labute approximate surface area is 133 Å². The monoisotopic (exact) mass is 328 g/mol. The number of carbonyl (C=O) groups excluding carboxylic acids is 1. The zero-order chi connectivity index (χ0) is 15.7. The molecule has 3 rings (SSSR count). The second kappa shape index (κ2) is 6.48. The number of amides is 1. The van der Waals surface area contributed by atoms with Gasteiger partial charge in [0.05, 0.1) is 0 Å². The standard InChI is InChI=1S/C16H28N2O3S/c1-11-2-8-14(9-3-11)18-22(20,21)10-15(19)17-16(12-4-5-12)13-6-7-13/h11-14,16,18H,2-10H2,1H3,(H,17,19). The zero-order valence-corrected chi connectivity index (χ0v) is 14.2. The summed E-state index contributed by atoms with van der Waals surface area (Å²) in [6.45, 7) is 2.20. The van der Waals surface area contributed by atoms with E-state index in [9.17, 15) is 13.2 Å². The number of nitrogens with one attached hydrogen (secondary N) is 2. The van der Waals surface area contributed by atoms with Crippen molar-refractivity contribution in [1.29, 1.82) is 0 Å². The van der Waals surface area contributed by atoms with Crippen LogP contribution in [0.5, 0.6) is 0 Å². The molecule has 3 aliphatic rings. The number of carbonyl (C=O) groups is 1. The van der Waals surface area contributed by atoms with Crippen LogP contribution < -0.4 is 10.0 Å². The third kappa shape index (κ3) is 4.69. The van der Waals surface area contributed by atoms with E-state index >= 15 is 0 Å². The Kier molecular flexibility index (Phi) is 4.78. The van der Waals surface area contributed by atoms with Crippen LogP contribution >= 0.6 is 0 Å². The van der Waals surface area contributed by atoms with Gasteiger partial charge in [0.2, 0.25) is 15.9 Å². The second-order valence-electron chi connectivity index (χ2n) is 7.60. The fraction of sp³-hybridized carbons (Fsp3) is 0.938. The first-order chi connectivity index (χ1) is 10.4. The summed E-state index contributed by atoms with van der Waals surface area (Å²) in [6, 6.07) is 0.231. The van der Waals surface area contributed by atoms with E-state index in [-0.39, 0.29) is 18.0 Å². The normalized spacial score (nSPS) is 29.5. The Bertz CT molecular complexity index is 491. The summed E-state index contributed by atoms with van der Waals surface area (Å²) in [5.41, 5.74) is 0. The van der Waals surface area contributed by atoms with Crippen LogP contribution in [0.1, 0.15) is 58.3 Å². The Balaban J connectivity index is 1.46. The summed E-state index contributed by atoms with van der Waals surface area (Å²) in [6.07, 6.45) is 8.58. The number of hydrogen-bond donors (Lipinski definition) is 2. The van der Waals surface area contributed by atoms with Crippen molar-refractivity contribution in [1.82, 2.24) is 10.0 Å². The number of sulfonamides is 1. The van der Waals surface area contributed by atoms with E-state index < -0.39 is 15.8 Å². The highest BCUT2D eigenvalue weighted by Crippen LogP contribution is 2.44. The number of hydrogen-bond acceptors (Lipinski definition) is 3. The summed E-state index contributed by atoms with van der Waals surface area (Å²) in [7, 11) is -3.52. The molecule has 6 heteroatoms. The minimum Gasteiger partial charge on any atom is -0.352 e. The maximum atomic E-state index is 12.2. The minimum atomic E-state index is -3.52. The predicted molar refractivity (Wildman–Crippen MR) is 85.7 cm³/mol. The van der Waals surface area contributed by atoms with E-state index in [1.54, 1.807) is 0 Å². The molecule has 1 amide bonds. The smallest absolute Gasteiger partial charge is 0.236 e. The van der Waals surface area contributed by atoms with Crippen molar-refractivity contribution in [2.24, 2.45) is 17.8 Å². The molecule has 3 fully saturated rings. The molecule has 2 N–H and O–H groups in total. The van der Waals surface area contributed by atoms with Crippen molar-refractivity contribution in [3.63, 3.8) is 0 Å². The average Bonchev–Trinajstić information content (AvgIpc) is 3.31. The van der Waals surface area contributed by atoms with Gasteiger partial charge in [-0.25, -0.2) is 13.1 Å². The van der Waals surface area contributed by atoms with Gasteiger partial charge in [0.1, 0.15) is 5.75 Å². The Morgan fingerprint density at radius 2 is 1.55 bits per heavy atom.